The minimum Gasteiger partial charge on any atom is -0.354 e. The van der Waals surface area contributed by atoms with Crippen molar-refractivity contribution < 1.29 is 0 Å². The number of fused-ring (bicyclic) bond motifs is 1. The van der Waals surface area contributed by atoms with E-state index in [2.05, 4.69) is 98.5 Å². The number of hydrogen-bond acceptors (Lipinski definition) is 5. The van der Waals surface area contributed by atoms with Crippen LogP contribution in [-0.2, 0) is 6.42 Å². The summed E-state index contributed by atoms with van der Waals surface area (Å²) in [5.41, 5.74) is 3.77. The van der Waals surface area contributed by atoms with Crippen LogP contribution in [0.25, 0.3) is 5.78 Å². The van der Waals surface area contributed by atoms with Gasteiger partial charge in [-0.25, -0.2) is 4.98 Å². The van der Waals surface area contributed by atoms with Crippen molar-refractivity contribution in [2.24, 2.45) is 0 Å². The van der Waals surface area contributed by atoms with Crippen LogP contribution in [0.2, 0.25) is 0 Å². The van der Waals surface area contributed by atoms with Gasteiger partial charge in [0.25, 0.3) is 5.78 Å². The third-order valence-corrected chi connectivity index (χ3v) is 6.03. The number of anilines is 1. The van der Waals surface area contributed by atoms with E-state index in [0.29, 0.717) is 5.78 Å². The number of nitrogens with zero attached hydrogens (tertiary/aromatic N) is 6. The molecule has 4 aromatic rings. The molecular formula is C25H28N6. The van der Waals surface area contributed by atoms with E-state index in [4.69, 9.17) is 0 Å². The smallest absolute Gasteiger partial charge is 0.254 e. The van der Waals surface area contributed by atoms with Crippen molar-refractivity contribution in [1.82, 2.24) is 24.5 Å². The molecule has 0 N–H and O–H groups in total. The van der Waals surface area contributed by atoms with Crippen molar-refractivity contribution in [1.29, 1.82) is 0 Å². The Balaban J connectivity index is 1.40. The molecule has 0 aliphatic carbocycles. The monoisotopic (exact) mass is 412 g/mol. The molecule has 0 spiro atoms. The lowest BCUT2D eigenvalue weighted by Gasteiger charge is -2.40. The highest BCUT2D eigenvalue weighted by atomic mass is 15.4. The molecule has 6 nitrogen and oxygen atoms in total. The average molecular weight is 413 g/mol. The number of aryl methyl sites for hydroxylation is 1. The molecule has 31 heavy (non-hydrogen) atoms. The molecule has 1 fully saturated rings. The Morgan fingerprint density at radius 1 is 0.871 bits per heavy atom. The van der Waals surface area contributed by atoms with Gasteiger partial charge in [-0.1, -0.05) is 74.0 Å². The number of benzene rings is 2. The van der Waals surface area contributed by atoms with Gasteiger partial charge in [-0.05, 0) is 17.5 Å². The van der Waals surface area contributed by atoms with Crippen LogP contribution in [0.15, 0.2) is 73.1 Å². The summed E-state index contributed by atoms with van der Waals surface area (Å²) in [4.78, 5) is 14.0. The molecule has 1 aliphatic heterocycles. The van der Waals surface area contributed by atoms with Gasteiger partial charge in [-0.2, -0.15) is 14.6 Å². The number of rotatable bonds is 6. The van der Waals surface area contributed by atoms with E-state index in [1.165, 1.54) is 11.1 Å². The van der Waals surface area contributed by atoms with Crippen LogP contribution in [0.5, 0.6) is 0 Å². The predicted molar refractivity (Wildman–Crippen MR) is 123 cm³/mol. The SMILES string of the molecule is CCCc1cc(N2CCN(C(c3ccccc3)c3ccccc3)CC2)n2ncnc2n1. The molecule has 1 aliphatic rings. The van der Waals surface area contributed by atoms with Crippen LogP contribution >= 0.6 is 0 Å². The summed E-state index contributed by atoms with van der Waals surface area (Å²) in [7, 11) is 0. The van der Waals surface area contributed by atoms with Crippen LogP contribution < -0.4 is 4.90 Å². The highest BCUT2D eigenvalue weighted by Gasteiger charge is 2.27. The summed E-state index contributed by atoms with van der Waals surface area (Å²) in [6.45, 7) is 6.04. The van der Waals surface area contributed by atoms with Gasteiger partial charge in [0.2, 0.25) is 0 Å². The minimum atomic E-state index is 0.268. The molecule has 0 radical (unpaired) electrons. The maximum atomic E-state index is 4.66. The largest absolute Gasteiger partial charge is 0.354 e. The van der Waals surface area contributed by atoms with Gasteiger partial charge in [-0.3, -0.25) is 4.90 Å². The van der Waals surface area contributed by atoms with Gasteiger partial charge in [0.15, 0.2) is 0 Å². The Morgan fingerprint density at radius 3 is 2.13 bits per heavy atom. The van der Waals surface area contributed by atoms with Crippen molar-refractivity contribution in [3.05, 3.63) is 89.9 Å². The lowest BCUT2D eigenvalue weighted by atomic mass is 9.96. The number of piperazine rings is 1. The molecule has 2 aromatic heterocycles. The fourth-order valence-corrected chi connectivity index (χ4v) is 4.55. The van der Waals surface area contributed by atoms with Crippen molar-refractivity contribution in [2.75, 3.05) is 31.1 Å². The molecule has 2 aromatic carbocycles. The van der Waals surface area contributed by atoms with Gasteiger partial charge < -0.3 is 4.90 Å². The summed E-state index contributed by atoms with van der Waals surface area (Å²) < 4.78 is 1.88. The summed E-state index contributed by atoms with van der Waals surface area (Å²) in [5, 5.41) is 4.43. The zero-order valence-corrected chi connectivity index (χ0v) is 17.9. The first kappa shape index (κ1) is 19.7. The summed E-state index contributed by atoms with van der Waals surface area (Å²) >= 11 is 0. The first-order valence-electron chi connectivity index (χ1n) is 11.1. The van der Waals surface area contributed by atoms with Crippen molar-refractivity contribution in [2.45, 2.75) is 25.8 Å². The molecule has 0 atom stereocenters. The van der Waals surface area contributed by atoms with E-state index in [1.54, 1.807) is 6.33 Å². The highest BCUT2D eigenvalue weighted by Crippen LogP contribution is 2.30. The Bertz CT molecular complexity index is 1080. The van der Waals surface area contributed by atoms with E-state index in [1.807, 2.05) is 4.52 Å². The lowest BCUT2D eigenvalue weighted by molar-refractivity contribution is 0.211. The number of hydrogen-bond donors (Lipinski definition) is 0. The molecule has 158 valence electrons. The third-order valence-electron chi connectivity index (χ3n) is 6.03. The Labute approximate surface area is 183 Å². The molecule has 0 saturated carbocycles. The van der Waals surface area contributed by atoms with Crippen LogP contribution in [0, 0.1) is 0 Å². The molecule has 6 heteroatoms. The topological polar surface area (TPSA) is 49.6 Å². The Kier molecular flexibility index (Phi) is 5.63. The fourth-order valence-electron chi connectivity index (χ4n) is 4.55. The lowest BCUT2D eigenvalue weighted by Crippen LogP contribution is -2.48. The highest BCUT2D eigenvalue weighted by molar-refractivity contribution is 5.48. The quantitative estimate of drug-likeness (QED) is 0.479. The Hall–Kier alpha value is -3.25. The normalized spacial score (nSPS) is 15.1. The van der Waals surface area contributed by atoms with E-state index >= 15 is 0 Å². The second-order valence-corrected chi connectivity index (χ2v) is 8.07. The van der Waals surface area contributed by atoms with E-state index in [9.17, 15) is 0 Å². The van der Waals surface area contributed by atoms with Gasteiger partial charge in [0.05, 0.1) is 6.04 Å². The summed E-state index contributed by atoms with van der Waals surface area (Å²) in [6, 6.07) is 24.1. The molecule has 5 rings (SSSR count). The predicted octanol–water partition coefficient (Wildman–Crippen LogP) is 3.99. The van der Waals surface area contributed by atoms with Crippen LogP contribution in [0.4, 0.5) is 5.82 Å². The average Bonchev–Trinajstić information content (AvgIpc) is 3.30. The van der Waals surface area contributed by atoms with Gasteiger partial charge in [0.1, 0.15) is 12.1 Å². The molecule has 0 amide bonds. The zero-order chi connectivity index (χ0) is 21.0. The third kappa shape index (κ3) is 4.03. The van der Waals surface area contributed by atoms with E-state index < -0.39 is 0 Å². The van der Waals surface area contributed by atoms with Gasteiger partial charge in [-0.15, -0.1) is 0 Å². The second-order valence-electron chi connectivity index (χ2n) is 8.07. The van der Waals surface area contributed by atoms with Crippen molar-refractivity contribution in [3.8, 4) is 0 Å². The number of aromatic nitrogens is 4. The standard InChI is InChI=1S/C25H28N6/c1-2-9-22-18-23(31-25(28-22)26-19-27-31)29-14-16-30(17-15-29)24(20-10-5-3-6-11-20)21-12-7-4-8-13-21/h3-8,10-13,18-19,24H,2,9,14-17H2,1H3. The summed E-state index contributed by atoms with van der Waals surface area (Å²) in [5.74, 6) is 1.79. The maximum Gasteiger partial charge on any atom is 0.254 e. The second kappa shape index (κ2) is 8.86. The molecule has 1 saturated heterocycles. The van der Waals surface area contributed by atoms with E-state index in [-0.39, 0.29) is 6.04 Å². The van der Waals surface area contributed by atoms with Crippen molar-refractivity contribution >= 4 is 11.6 Å². The van der Waals surface area contributed by atoms with E-state index in [0.717, 1.165) is 50.5 Å². The van der Waals surface area contributed by atoms with Crippen LogP contribution in [0.3, 0.4) is 0 Å². The maximum absolute atomic E-state index is 4.66. The van der Waals surface area contributed by atoms with Crippen LogP contribution in [0.1, 0.15) is 36.2 Å². The van der Waals surface area contributed by atoms with Gasteiger partial charge in [0, 0.05) is 37.9 Å². The minimum absolute atomic E-state index is 0.268. The first-order valence-corrected chi connectivity index (χ1v) is 11.1. The zero-order valence-electron chi connectivity index (χ0n) is 17.9. The molecule has 0 unspecified atom stereocenters. The summed E-state index contributed by atoms with van der Waals surface area (Å²) in [6.07, 6.45) is 3.62. The van der Waals surface area contributed by atoms with Crippen molar-refractivity contribution in [3.63, 3.8) is 0 Å². The Morgan fingerprint density at radius 2 is 1.52 bits per heavy atom. The fraction of sp³-hybridized carbons (Fsp3) is 0.320. The molecule has 3 heterocycles. The first-order chi connectivity index (χ1) is 15.3. The molecule has 0 bridgehead atoms. The van der Waals surface area contributed by atoms with Gasteiger partial charge >= 0.3 is 0 Å². The van der Waals surface area contributed by atoms with Crippen LogP contribution in [-0.4, -0.2) is 50.7 Å². The molecular weight excluding hydrogens is 384 g/mol.